The number of aromatic nitrogens is 1. The van der Waals surface area contributed by atoms with Gasteiger partial charge in [-0.1, -0.05) is 6.07 Å². The first-order chi connectivity index (χ1) is 10.1. The lowest BCUT2D eigenvalue weighted by Gasteiger charge is -2.15. The number of halogens is 2. The maximum atomic E-state index is 12.4. The molecule has 0 fully saturated rings. The number of hydrogen-bond donors (Lipinski definition) is 0. The minimum atomic E-state index is -2.87. The van der Waals surface area contributed by atoms with E-state index in [0.29, 0.717) is 18.7 Å². The largest absolute Gasteiger partial charge is 0.435 e. The molecule has 1 aromatic carbocycles. The molecule has 2 heterocycles. The van der Waals surface area contributed by atoms with Gasteiger partial charge in [-0.2, -0.15) is 8.78 Å². The second-order valence-corrected chi connectivity index (χ2v) is 4.67. The molecule has 0 aliphatic carbocycles. The van der Waals surface area contributed by atoms with Crippen LogP contribution in [-0.4, -0.2) is 22.4 Å². The van der Waals surface area contributed by atoms with Gasteiger partial charge in [-0.05, 0) is 35.9 Å². The van der Waals surface area contributed by atoms with E-state index in [2.05, 4.69) is 9.72 Å². The van der Waals surface area contributed by atoms with Crippen molar-refractivity contribution in [3.05, 3.63) is 59.4 Å². The summed E-state index contributed by atoms with van der Waals surface area (Å²) in [5.41, 5.74) is 2.36. The number of rotatable bonds is 3. The van der Waals surface area contributed by atoms with E-state index in [-0.39, 0.29) is 11.7 Å². The third kappa shape index (κ3) is 2.84. The van der Waals surface area contributed by atoms with Crippen molar-refractivity contribution in [2.45, 2.75) is 19.7 Å². The predicted octanol–water partition coefficient (Wildman–Crippen LogP) is 2.84. The molecule has 1 aliphatic heterocycles. The molecule has 1 amide bonds. The van der Waals surface area contributed by atoms with Gasteiger partial charge in [0.15, 0.2) is 0 Å². The summed E-state index contributed by atoms with van der Waals surface area (Å²) < 4.78 is 28.4. The molecule has 0 radical (unpaired) electrons. The van der Waals surface area contributed by atoms with Gasteiger partial charge in [-0.15, -0.1) is 0 Å². The van der Waals surface area contributed by atoms with Crippen molar-refractivity contribution in [3.8, 4) is 5.75 Å². The number of alkyl halides is 2. The SMILES string of the molecule is O=C(c1ccc(OC(F)F)cc1)N1Cc2cccnc2C1. The smallest absolute Gasteiger partial charge is 0.387 e. The highest BCUT2D eigenvalue weighted by Crippen LogP contribution is 2.23. The van der Waals surface area contributed by atoms with Crippen LogP contribution < -0.4 is 4.74 Å². The van der Waals surface area contributed by atoms with Crippen molar-refractivity contribution in [2.75, 3.05) is 0 Å². The number of nitrogens with zero attached hydrogens (tertiary/aromatic N) is 2. The second-order valence-electron chi connectivity index (χ2n) is 4.67. The van der Waals surface area contributed by atoms with Crippen molar-refractivity contribution in [1.82, 2.24) is 9.88 Å². The Labute approximate surface area is 120 Å². The lowest BCUT2D eigenvalue weighted by molar-refractivity contribution is -0.0498. The maximum absolute atomic E-state index is 12.4. The lowest BCUT2D eigenvalue weighted by Crippen LogP contribution is -2.25. The molecule has 3 rings (SSSR count). The van der Waals surface area contributed by atoms with Gasteiger partial charge in [0.05, 0.1) is 12.2 Å². The predicted molar refractivity (Wildman–Crippen MR) is 70.9 cm³/mol. The Morgan fingerprint density at radius 2 is 1.95 bits per heavy atom. The fourth-order valence-corrected chi connectivity index (χ4v) is 2.31. The Bertz CT molecular complexity index is 634. The van der Waals surface area contributed by atoms with E-state index in [0.717, 1.165) is 11.3 Å². The van der Waals surface area contributed by atoms with Crippen LogP contribution in [0.25, 0.3) is 0 Å². The van der Waals surface area contributed by atoms with E-state index < -0.39 is 6.61 Å². The monoisotopic (exact) mass is 290 g/mol. The summed E-state index contributed by atoms with van der Waals surface area (Å²) in [6, 6.07) is 9.47. The first-order valence-corrected chi connectivity index (χ1v) is 6.40. The number of carbonyl (C=O) groups excluding carboxylic acids is 1. The zero-order valence-electron chi connectivity index (χ0n) is 11.0. The van der Waals surface area contributed by atoms with Crippen molar-refractivity contribution in [2.24, 2.45) is 0 Å². The Hall–Kier alpha value is -2.50. The molecule has 0 unspecified atom stereocenters. The lowest BCUT2D eigenvalue weighted by atomic mass is 10.2. The van der Waals surface area contributed by atoms with Crippen LogP contribution in [0.15, 0.2) is 42.6 Å². The van der Waals surface area contributed by atoms with Crippen LogP contribution in [0.5, 0.6) is 5.75 Å². The van der Waals surface area contributed by atoms with Crippen LogP contribution in [0.1, 0.15) is 21.6 Å². The van der Waals surface area contributed by atoms with Crippen molar-refractivity contribution >= 4 is 5.91 Å². The number of fused-ring (bicyclic) bond motifs is 1. The number of amides is 1. The quantitative estimate of drug-likeness (QED) is 0.873. The fourth-order valence-electron chi connectivity index (χ4n) is 2.31. The van der Waals surface area contributed by atoms with E-state index >= 15 is 0 Å². The molecule has 108 valence electrons. The number of ether oxygens (including phenoxy) is 1. The van der Waals surface area contributed by atoms with E-state index in [9.17, 15) is 13.6 Å². The molecule has 1 aromatic heterocycles. The average molecular weight is 290 g/mol. The summed E-state index contributed by atoms with van der Waals surface area (Å²) in [5, 5.41) is 0. The minimum absolute atomic E-state index is 0.0351. The summed E-state index contributed by atoms with van der Waals surface area (Å²) in [6.07, 6.45) is 1.70. The zero-order valence-corrected chi connectivity index (χ0v) is 11.0. The van der Waals surface area contributed by atoms with Crippen LogP contribution in [-0.2, 0) is 13.1 Å². The molecule has 4 nitrogen and oxygen atoms in total. The molecule has 0 saturated carbocycles. The summed E-state index contributed by atoms with van der Waals surface area (Å²) in [4.78, 5) is 18.3. The van der Waals surface area contributed by atoms with Gasteiger partial charge in [0, 0.05) is 18.3 Å². The Morgan fingerprint density at radius 1 is 1.19 bits per heavy atom. The van der Waals surface area contributed by atoms with Gasteiger partial charge in [0.2, 0.25) is 0 Å². The average Bonchev–Trinajstić information content (AvgIpc) is 2.90. The van der Waals surface area contributed by atoms with Gasteiger partial charge in [-0.25, -0.2) is 0 Å². The molecule has 0 saturated heterocycles. The first-order valence-electron chi connectivity index (χ1n) is 6.40. The van der Waals surface area contributed by atoms with E-state index in [4.69, 9.17) is 0 Å². The normalized spacial score (nSPS) is 13.4. The molecule has 0 atom stereocenters. The van der Waals surface area contributed by atoms with Crippen molar-refractivity contribution < 1.29 is 18.3 Å². The topological polar surface area (TPSA) is 42.4 Å². The first kappa shape index (κ1) is 13.5. The molecule has 1 aliphatic rings. The number of benzene rings is 1. The molecule has 6 heteroatoms. The van der Waals surface area contributed by atoms with Gasteiger partial charge < -0.3 is 9.64 Å². The van der Waals surface area contributed by atoms with Crippen LogP contribution in [0, 0.1) is 0 Å². The number of pyridine rings is 1. The molecular weight excluding hydrogens is 278 g/mol. The summed E-state index contributed by atoms with van der Waals surface area (Å²) >= 11 is 0. The fraction of sp³-hybridized carbons (Fsp3) is 0.200. The highest BCUT2D eigenvalue weighted by Gasteiger charge is 2.24. The second kappa shape index (κ2) is 5.47. The van der Waals surface area contributed by atoms with Crippen LogP contribution in [0.3, 0.4) is 0 Å². The summed E-state index contributed by atoms with van der Waals surface area (Å²) in [6.45, 7) is -1.90. The van der Waals surface area contributed by atoms with Gasteiger partial charge in [0.25, 0.3) is 5.91 Å². The third-order valence-corrected chi connectivity index (χ3v) is 3.30. The number of carbonyl (C=O) groups is 1. The van der Waals surface area contributed by atoms with Gasteiger partial charge >= 0.3 is 6.61 Å². The Morgan fingerprint density at radius 3 is 2.62 bits per heavy atom. The van der Waals surface area contributed by atoms with E-state index in [1.54, 1.807) is 11.1 Å². The zero-order chi connectivity index (χ0) is 14.8. The van der Waals surface area contributed by atoms with Crippen LogP contribution in [0.4, 0.5) is 8.78 Å². The van der Waals surface area contributed by atoms with Crippen molar-refractivity contribution in [3.63, 3.8) is 0 Å². The summed E-state index contributed by atoms with van der Waals surface area (Å²) in [7, 11) is 0. The van der Waals surface area contributed by atoms with Crippen LogP contribution >= 0.6 is 0 Å². The minimum Gasteiger partial charge on any atom is -0.435 e. The third-order valence-electron chi connectivity index (χ3n) is 3.30. The van der Waals surface area contributed by atoms with Crippen LogP contribution in [0.2, 0.25) is 0 Å². The molecule has 2 aromatic rings. The van der Waals surface area contributed by atoms with Gasteiger partial charge in [0.1, 0.15) is 5.75 Å². The molecule has 0 spiro atoms. The van der Waals surface area contributed by atoms with Crippen molar-refractivity contribution in [1.29, 1.82) is 0 Å². The van der Waals surface area contributed by atoms with E-state index in [1.807, 2.05) is 12.1 Å². The van der Waals surface area contributed by atoms with E-state index in [1.165, 1.54) is 24.3 Å². The highest BCUT2D eigenvalue weighted by molar-refractivity contribution is 5.94. The molecule has 0 bridgehead atoms. The Balaban J connectivity index is 1.72. The standard InChI is InChI=1S/C15H12F2N2O2/c16-15(17)21-12-5-3-10(4-6-12)14(20)19-8-11-2-1-7-18-13(11)9-19/h1-7,15H,8-9H2. The molecule has 0 N–H and O–H groups in total. The summed E-state index contributed by atoms with van der Waals surface area (Å²) in [5.74, 6) is -0.121. The maximum Gasteiger partial charge on any atom is 0.387 e. The Kier molecular flexibility index (Phi) is 3.51. The number of hydrogen-bond acceptors (Lipinski definition) is 3. The highest BCUT2D eigenvalue weighted by atomic mass is 19.3. The molecular formula is C15H12F2N2O2. The molecule has 21 heavy (non-hydrogen) atoms. The van der Waals surface area contributed by atoms with Gasteiger partial charge in [-0.3, -0.25) is 9.78 Å².